The maximum Gasteiger partial charge on any atom is 0.407 e. The van der Waals surface area contributed by atoms with E-state index in [1.54, 1.807) is 11.1 Å². The normalized spacial score (nSPS) is 23.1. The largest absolute Gasteiger partial charge is 0.453 e. The van der Waals surface area contributed by atoms with Gasteiger partial charge in [-0.15, -0.1) is 0 Å². The number of hydrogen-bond acceptors (Lipinski definition) is 9. The number of methoxy groups -OCH3 is 2. The average Bonchev–Trinajstić information content (AvgIpc) is 4.20. The van der Waals surface area contributed by atoms with Crippen molar-refractivity contribution >= 4 is 35.4 Å². The first-order valence-electron chi connectivity index (χ1n) is 23.7. The van der Waals surface area contributed by atoms with Crippen molar-refractivity contribution in [1.29, 1.82) is 0 Å². The highest BCUT2D eigenvalue weighted by Gasteiger charge is 2.42. The molecule has 4 N–H and O–H groups in total. The van der Waals surface area contributed by atoms with E-state index in [2.05, 4.69) is 106 Å². The van der Waals surface area contributed by atoms with Gasteiger partial charge in [-0.3, -0.25) is 9.69 Å². The molecule has 8 atom stereocenters. The van der Waals surface area contributed by atoms with Crippen LogP contribution in [-0.2, 0) is 19.1 Å². The molecule has 5 aromatic rings. The summed E-state index contributed by atoms with van der Waals surface area (Å²) in [6.07, 6.45) is 8.32. The molecule has 0 radical (unpaired) electrons. The second-order valence-electron chi connectivity index (χ2n) is 19.7. The first-order chi connectivity index (χ1) is 31.7. The topological polar surface area (TPSA) is 175 Å². The predicted molar refractivity (Wildman–Crippen MR) is 256 cm³/mol. The number of fused-ring (bicyclic) bond motifs is 6. The number of amides is 3. The maximum atomic E-state index is 13.8. The number of aromatic amines is 2. The Morgan fingerprint density at radius 1 is 0.758 bits per heavy atom. The number of nitrogens with zero attached hydrogens (tertiary/aromatic N) is 4. The van der Waals surface area contributed by atoms with Crippen LogP contribution in [0.5, 0.6) is 0 Å². The van der Waals surface area contributed by atoms with Crippen LogP contribution in [0, 0.1) is 17.8 Å². The highest BCUT2D eigenvalue weighted by atomic mass is 16.5. The molecule has 14 heteroatoms. The fourth-order valence-corrected chi connectivity index (χ4v) is 10.8. The van der Waals surface area contributed by atoms with Gasteiger partial charge in [0.25, 0.3) is 0 Å². The van der Waals surface area contributed by atoms with Crippen LogP contribution in [-0.4, -0.2) is 100 Å². The van der Waals surface area contributed by atoms with Gasteiger partial charge >= 0.3 is 12.2 Å². The smallest absolute Gasteiger partial charge is 0.407 e. The van der Waals surface area contributed by atoms with E-state index in [1.165, 1.54) is 62.2 Å². The van der Waals surface area contributed by atoms with Gasteiger partial charge in [-0.25, -0.2) is 19.6 Å². The minimum Gasteiger partial charge on any atom is -0.453 e. The fraction of sp³-hybridized carbons (Fsp3) is 0.500. The molecular formula is C52H66N8O6. The Morgan fingerprint density at radius 2 is 1.39 bits per heavy atom. The van der Waals surface area contributed by atoms with Crippen molar-refractivity contribution in [1.82, 2.24) is 40.4 Å². The van der Waals surface area contributed by atoms with Crippen molar-refractivity contribution < 1.29 is 28.7 Å². The van der Waals surface area contributed by atoms with E-state index >= 15 is 0 Å². The summed E-state index contributed by atoms with van der Waals surface area (Å²) >= 11 is 0. The second-order valence-corrected chi connectivity index (χ2v) is 19.7. The van der Waals surface area contributed by atoms with Gasteiger partial charge < -0.3 is 39.8 Å². The van der Waals surface area contributed by atoms with Gasteiger partial charge in [-0.1, -0.05) is 77.1 Å². The van der Waals surface area contributed by atoms with Crippen LogP contribution in [0.25, 0.3) is 44.5 Å². The van der Waals surface area contributed by atoms with Gasteiger partial charge in [0.1, 0.15) is 24.0 Å². The Hall–Kier alpha value is -6.02. The summed E-state index contributed by atoms with van der Waals surface area (Å²) in [5.41, 5.74) is 12.5. The second kappa shape index (κ2) is 19.4. The predicted octanol–water partition coefficient (Wildman–Crippen LogP) is 9.66. The Morgan fingerprint density at radius 3 is 2.00 bits per heavy atom. The van der Waals surface area contributed by atoms with E-state index < -0.39 is 24.3 Å². The van der Waals surface area contributed by atoms with Crippen molar-refractivity contribution in [2.24, 2.45) is 17.8 Å². The number of aromatic nitrogens is 4. The van der Waals surface area contributed by atoms with Crippen molar-refractivity contribution in [3.05, 3.63) is 83.6 Å². The van der Waals surface area contributed by atoms with E-state index in [4.69, 9.17) is 14.7 Å². The zero-order valence-electron chi connectivity index (χ0n) is 39.8. The molecule has 350 valence electrons. The summed E-state index contributed by atoms with van der Waals surface area (Å²) in [7, 11) is 4.79. The number of aldehydes is 1. The summed E-state index contributed by atoms with van der Waals surface area (Å²) in [4.78, 5) is 68.2. The molecule has 3 fully saturated rings. The molecule has 2 bridgehead atoms. The van der Waals surface area contributed by atoms with Gasteiger partial charge in [-0.05, 0) is 133 Å². The summed E-state index contributed by atoms with van der Waals surface area (Å²) < 4.78 is 9.14. The monoisotopic (exact) mass is 899 g/mol. The minimum atomic E-state index is -0.672. The number of ether oxygens (including phenoxy) is 2. The van der Waals surface area contributed by atoms with Crippen LogP contribution in [0.2, 0.25) is 0 Å². The van der Waals surface area contributed by atoms with Crippen LogP contribution < -0.4 is 10.6 Å². The van der Waals surface area contributed by atoms with Crippen LogP contribution in [0.15, 0.2) is 60.8 Å². The molecule has 8 unspecified atom stereocenters. The molecular weight excluding hydrogens is 833 g/mol. The molecule has 2 aliphatic carbocycles. The van der Waals surface area contributed by atoms with Crippen LogP contribution in [0.1, 0.15) is 127 Å². The van der Waals surface area contributed by atoms with E-state index in [0.29, 0.717) is 42.7 Å². The standard InChI is InChI=1S/C45H53N7O3.C7H13NO3/c1-24(2)41(50-45(54)55-6)44(53)52-23-25(3)19-38(52)42-46-22-36(49-42)28-10-8-27(9-11-28)32-15-16-33(40-31-13-12-30(20-31)39(32)40)29-14-17-34-35(21-29)48-43(47-34)37-18-7-26(4)51(37)5;1-5(2)6(4-9)8-7(10)11-3/h8-11,14-17,21-22,24-26,30-31,37-38,41H,7,12-13,18-20,23H2,1-6H3,(H,46,49)(H,47,48)(H,50,54);4-6H,1-3H3,(H,8,10). The van der Waals surface area contributed by atoms with Gasteiger partial charge in [0.2, 0.25) is 5.91 Å². The quantitative estimate of drug-likeness (QED) is 0.0942. The molecule has 2 aromatic heterocycles. The highest BCUT2D eigenvalue weighted by molar-refractivity contribution is 5.88. The summed E-state index contributed by atoms with van der Waals surface area (Å²) in [6, 6.07) is 20.0. The minimum absolute atomic E-state index is 0.0887. The number of nitrogens with one attached hydrogen (secondary N) is 4. The summed E-state index contributed by atoms with van der Waals surface area (Å²) in [5, 5.41) is 5.13. The van der Waals surface area contributed by atoms with Gasteiger partial charge in [0.15, 0.2) is 0 Å². The van der Waals surface area contributed by atoms with Crippen LogP contribution in [0.3, 0.4) is 0 Å². The lowest BCUT2D eigenvalue weighted by Gasteiger charge is -2.30. The van der Waals surface area contributed by atoms with Crippen LogP contribution >= 0.6 is 0 Å². The average molecular weight is 899 g/mol. The van der Waals surface area contributed by atoms with E-state index in [1.807, 2.05) is 38.8 Å². The maximum absolute atomic E-state index is 13.8. The first-order valence-corrected chi connectivity index (χ1v) is 23.7. The Labute approximate surface area is 388 Å². The number of H-pyrrole nitrogens is 2. The van der Waals surface area contributed by atoms with Gasteiger partial charge in [0.05, 0.1) is 55.3 Å². The lowest BCUT2D eigenvalue weighted by atomic mass is 9.81. The number of benzene rings is 3. The lowest BCUT2D eigenvalue weighted by molar-refractivity contribution is -0.135. The van der Waals surface area contributed by atoms with E-state index in [9.17, 15) is 19.2 Å². The third kappa shape index (κ3) is 9.21. The molecule has 2 saturated heterocycles. The van der Waals surface area contributed by atoms with Gasteiger partial charge in [0, 0.05) is 12.6 Å². The van der Waals surface area contributed by atoms with Crippen molar-refractivity contribution in [2.45, 2.75) is 122 Å². The summed E-state index contributed by atoms with van der Waals surface area (Å²) in [6.45, 7) is 12.6. The molecule has 9 rings (SSSR count). The van der Waals surface area contributed by atoms with E-state index in [-0.39, 0.29) is 23.8 Å². The Balaban J connectivity index is 0.000000479. The fourth-order valence-electron chi connectivity index (χ4n) is 10.8. The molecule has 4 aliphatic rings. The summed E-state index contributed by atoms with van der Waals surface area (Å²) in [5.74, 6) is 3.27. The van der Waals surface area contributed by atoms with Crippen molar-refractivity contribution in [2.75, 3.05) is 27.8 Å². The zero-order chi connectivity index (χ0) is 47.0. The number of imidazole rings is 2. The molecule has 2 aliphatic heterocycles. The third-order valence-electron chi connectivity index (χ3n) is 14.6. The number of carbonyl (C=O) groups excluding carboxylic acids is 4. The molecule has 3 aromatic carbocycles. The molecule has 4 heterocycles. The van der Waals surface area contributed by atoms with Gasteiger partial charge in [-0.2, -0.15) is 0 Å². The lowest BCUT2D eigenvalue weighted by Crippen LogP contribution is -2.51. The number of hydrogen-bond donors (Lipinski definition) is 4. The molecule has 1 saturated carbocycles. The number of rotatable bonds is 11. The van der Waals surface area contributed by atoms with Crippen molar-refractivity contribution in [3.63, 3.8) is 0 Å². The number of alkyl carbamates (subject to hydrolysis) is 2. The van der Waals surface area contributed by atoms with Crippen molar-refractivity contribution in [3.8, 4) is 33.5 Å². The molecule has 66 heavy (non-hydrogen) atoms. The first kappa shape index (κ1) is 46.5. The third-order valence-corrected chi connectivity index (χ3v) is 14.6. The van der Waals surface area contributed by atoms with Crippen LogP contribution in [0.4, 0.5) is 9.59 Å². The Kier molecular flexibility index (Phi) is 13.7. The molecule has 3 amide bonds. The molecule has 14 nitrogen and oxygen atoms in total. The highest BCUT2D eigenvalue weighted by Crippen LogP contribution is 2.58. The Bertz CT molecular complexity index is 2560. The molecule has 0 spiro atoms. The zero-order valence-corrected chi connectivity index (χ0v) is 39.8. The number of likely N-dealkylation sites (tertiary alicyclic amines) is 2. The SMILES string of the molecule is COC(=O)NC(C(=O)N1CC(C)CC1c1ncc(-c2ccc(-c3ccc(-c4ccc5nc(C6CCC(C)N6C)[nH]c5c4)c4c3C3CCC4C3)cc2)[nH]1)C(C)C.COC(=O)NC(C=O)C(C)C. The van der Waals surface area contributed by atoms with E-state index in [0.717, 1.165) is 46.8 Å². The number of carbonyl (C=O) groups is 4.